The van der Waals surface area contributed by atoms with Gasteiger partial charge in [0.15, 0.2) is 0 Å². The highest BCUT2D eigenvalue weighted by molar-refractivity contribution is 5.78. The van der Waals surface area contributed by atoms with Crippen LogP contribution in [0.4, 0.5) is 0 Å². The molecule has 0 radical (unpaired) electrons. The third kappa shape index (κ3) is 4.66. The normalized spacial score (nSPS) is 14.5. The standard InChI is InChI=1S/C30H28N4O/c1-22-27(28-13-7-8-16-32-28)21-34(30(35)29(22)26-12-6-5-11-24(26)19-31)25-14-17-33(18-15-25)20-23-9-3-2-4-10-23/h2-13,16,21,25H,14-15,17-18,20H2,1H3. The number of aromatic nitrogens is 2. The summed E-state index contributed by atoms with van der Waals surface area (Å²) in [5.41, 5.74) is 5.68. The molecule has 0 atom stereocenters. The maximum atomic E-state index is 13.9. The Labute approximate surface area is 205 Å². The van der Waals surface area contributed by atoms with E-state index in [-0.39, 0.29) is 11.6 Å². The Morgan fingerprint density at radius 1 is 0.943 bits per heavy atom. The molecule has 5 heteroatoms. The van der Waals surface area contributed by atoms with Crippen LogP contribution in [0.15, 0.2) is 90.0 Å². The zero-order valence-electron chi connectivity index (χ0n) is 19.9. The Kier molecular flexibility index (Phi) is 6.56. The molecule has 0 bridgehead atoms. The van der Waals surface area contributed by atoms with Gasteiger partial charge in [0.1, 0.15) is 0 Å². The summed E-state index contributed by atoms with van der Waals surface area (Å²) in [4.78, 5) is 21.0. The average Bonchev–Trinajstić information content (AvgIpc) is 2.91. The summed E-state index contributed by atoms with van der Waals surface area (Å²) in [6.07, 6.45) is 5.55. The van der Waals surface area contributed by atoms with Gasteiger partial charge in [-0.15, -0.1) is 0 Å². The van der Waals surface area contributed by atoms with Crippen molar-refractivity contribution in [1.82, 2.24) is 14.5 Å². The molecule has 35 heavy (non-hydrogen) atoms. The molecule has 1 aliphatic rings. The molecule has 5 rings (SSSR count). The summed E-state index contributed by atoms with van der Waals surface area (Å²) >= 11 is 0. The number of hydrogen-bond donors (Lipinski definition) is 0. The first-order chi connectivity index (χ1) is 17.2. The van der Waals surface area contributed by atoms with Crippen LogP contribution in [0.2, 0.25) is 0 Å². The van der Waals surface area contributed by atoms with E-state index in [1.165, 1.54) is 5.56 Å². The van der Waals surface area contributed by atoms with Crippen molar-refractivity contribution in [2.24, 2.45) is 0 Å². The second-order valence-corrected chi connectivity index (χ2v) is 9.12. The molecule has 2 aromatic carbocycles. The summed E-state index contributed by atoms with van der Waals surface area (Å²) in [7, 11) is 0. The highest BCUT2D eigenvalue weighted by Gasteiger charge is 2.25. The molecule has 4 aromatic rings. The van der Waals surface area contributed by atoms with Crippen LogP contribution in [0, 0.1) is 18.3 Å². The van der Waals surface area contributed by atoms with Gasteiger partial charge in [-0.3, -0.25) is 14.7 Å². The molecule has 2 aromatic heterocycles. The highest BCUT2D eigenvalue weighted by atomic mass is 16.1. The Bertz CT molecular complexity index is 1410. The first kappa shape index (κ1) is 22.8. The molecular formula is C30H28N4O. The van der Waals surface area contributed by atoms with E-state index in [2.05, 4.69) is 40.2 Å². The zero-order chi connectivity index (χ0) is 24.2. The summed E-state index contributed by atoms with van der Waals surface area (Å²) in [6, 6.07) is 26.1. The second kappa shape index (κ2) is 10.1. The van der Waals surface area contributed by atoms with E-state index in [1.807, 2.05) is 60.2 Å². The first-order valence-corrected chi connectivity index (χ1v) is 12.1. The zero-order valence-corrected chi connectivity index (χ0v) is 19.9. The fourth-order valence-electron chi connectivity index (χ4n) is 5.08. The van der Waals surface area contributed by atoms with Crippen molar-refractivity contribution < 1.29 is 0 Å². The summed E-state index contributed by atoms with van der Waals surface area (Å²) < 4.78 is 1.90. The quantitative estimate of drug-likeness (QED) is 0.389. The molecule has 1 aliphatic heterocycles. The predicted octanol–water partition coefficient (Wildman–Crippen LogP) is 5.59. The Hall–Kier alpha value is -4.01. The molecule has 0 spiro atoms. The number of nitrogens with zero attached hydrogens (tertiary/aromatic N) is 4. The van der Waals surface area contributed by atoms with Crippen LogP contribution in [0.1, 0.15) is 35.6 Å². The minimum absolute atomic E-state index is 0.0357. The topological polar surface area (TPSA) is 61.9 Å². The number of benzene rings is 2. The molecule has 1 saturated heterocycles. The SMILES string of the molecule is Cc1c(-c2ccccn2)cn(C2CCN(Cc3ccccc3)CC2)c(=O)c1-c1ccccc1C#N. The minimum Gasteiger partial charge on any atom is -0.311 e. The van der Waals surface area contributed by atoms with Gasteiger partial charge in [0.25, 0.3) is 5.56 Å². The van der Waals surface area contributed by atoms with Crippen molar-refractivity contribution >= 4 is 0 Å². The number of rotatable bonds is 5. The van der Waals surface area contributed by atoms with Crippen LogP contribution in [0.3, 0.4) is 0 Å². The Balaban J connectivity index is 1.54. The van der Waals surface area contributed by atoms with Gasteiger partial charge in [0, 0.05) is 49.2 Å². The third-order valence-corrected chi connectivity index (χ3v) is 6.95. The van der Waals surface area contributed by atoms with Crippen molar-refractivity contribution in [3.63, 3.8) is 0 Å². The summed E-state index contributed by atoms with van der Waals surface area (Å²) in [5, 5.41) is 9.74. The van der Waals surface area contributed by atoms with Crippen LogP contribution in [0.25, 0.3) is 22.4 Å². The fraction of sp³-hybridized carbons (Fsp3) is 0.233. The second-order valence-electron chi connectivity index (χ2n) is 9.12. The van der Waals surface area contributed by atoms with Gasteiger partial charge in [-0.1, -0.05) is 54.6 Å². The molecule has 1 fully saturated rings. The van der Waals surface area contributed by atoms with Crippen LogP contribution in [0.5, 0.6) is 0 Å². The van der Waals surface area contributed by atoms with Gasteiger partial charge in [-0.05, 0) is 49.1 Å². The van der Waals surface area contributed by atoms with Gasteiger partial charge in [0.05, 0.1) is 22.9 Å². The van der Waals surface area contributed by atoms with Crippen molar-refractivity contribution in [3.8, 4) is 28.5 Å². The lowest BCUT2D eigenvalue weighted by molar-refractivity contribution is 0.178. The van der Waals surface area contributed by atoms with Crippen molar-refractivity contribution in [2.75, 3.05) is 13.1 Å². The monoisotopic (exact) mass is 460 g/mol. The molecule has 0 N–H and O–H groups in total. The Morgan fingerprint density at radius 2 is 1.66 bits per heavy atom. The van der Waals surface area contributed by atoms with Gasteiger partial charge < -0.3 is 4.57 Å². The van der Waals surface area contributed by atoms with Crippen LogP contribution in [-0.4, -0.2) is 27.5 Å². The molecule has 3 heterocycles. The number of nitriles is 1. The number of hydrogen-bond acceptors (Lipinski definition) is 4. The van der Waals surface area contributed by atoms with E-state index in [4.69, 9.17) is 0 Å². The third-order valence-electron chi connectivity index (χ3n) is 6.95. The molecule has 174 valence electrons. The smallest absolute Gasteiger partial charge is 0.259 e. The van der Waals surface area contributed by atoms with E-state index in [0.29, 0.717) is 16.7 Å². The lowest BCUT2D eigenvalue weighted by Crippen LogP contribution is -2.37. The van der Waals surface area contributed by atoms with E-state index >= 15 is 0 Å². The van der Waals surface area contributed by atoms with Crippen molar-refractivity contribution in [1.29, 1.82) is 5.26 Å². The molecule has 0 saturated carbocycles. The highest BCUT2D eigenvalue weighted by Crippen LogP contribution is 2.32. The van der Waals surface area contributed by atoms with E-state index in [9.17, 15) is 10.1 Å². The van der Waals surface area contributed by atoms with Crippen LogP contribution < -0.4 is 5.56 Å². The van der Waals surface area contributed by atoms with E-state index in [0.717, 1.165) is 49.3 Å². The first-order valence-electron chi connectivity index (χ1n) is 12.1. The molecule has 0 aliphatic carbocycles. The summed E-state index contributed by atoms with van der Waals surface area (Å²) in [5.74, 6) is 0. The van der Waals surface area contributed by atoms with Crippen LogP contribution in [-0.2, 0) is 6.54 Å². The maximum absolute atomic E-state index is 13.9. The molecule has 5 nitrogen and oxygen atoms in total. The van der Waals surface area contributed by atoms with Gasteiger partial charge >= 0.3 is 0 Å². The number of likely N-dealkylation sites (tertiary alicyclic amines) is 1. The lowest BCUT2D eigenvalue weighted by atomic mass is 9.93. The van der Waals surface area contributed by atoms with E-state index < -0.39 is 0 Å². The van der Waals surface area contributed by atoms with Crippen LogP contribution >= 0.6 is 0 Å². The summed E-state index contributed by atoms with van der Waals surface area (Å²) in [6.45, 7) is 4.75. The van der Waals surface area contributed by atoms with Gasteiger partial charge in [-0.25, -0.2) is 0 Å². The average molecular weight is 461 g/mol. The number of pyridine rings is 2. The molecule has 0 amide bonds. The van der Waals surface area contributed by atoms with Gasteiger partial charge in [0.2, 0.25) is 0 Å². The Morgan fingerprint density at radius 3 is 2.37 bits per heavy atom. The fourth-order valence-corrected chi connectivity index (χ4v) is 5.08. The maximum Gasteiger partial charge on any atom is 0.259 e. The molecular weight excluding hydrogens is 432 g/mol. The predicted molar refractivity (Wildman–Crippen MR) is 139 cm³/mol. The number of piperidine rings is 1. The lowest BCUT2D eigenvalue weighted by Gasteiger charge is -2.33. The molecule has 0 unspecified atom stereocenters. The van der Waals surface area contributed by atoms with E-state index in [1.54, 1.807) is 12.3 Å². The largest absolute Gasteiger partial charge is 0.311 e. The minimum atomic E-state index is -0.0357. The van der Waals surface area contributed by atoms with Gasteiger partial charge in [-0.2, -0.15) is 5.26 Å². The van der Waals surface area contributed by atoms with Crippen molar-refractivity contribution in [2.45, 2.75) is 32.4 Å². The van der Waals surface area contributed by atoms with Crippen molar-refractivity contribution in [3.05, 3.63) is 112 Å².